The number of anilines is 1. The molecule has 0 fully saturated rings. The van der Waals surface area contributed by atoms with E-state index in [-0.39, 0.29) is 4.90 Å². The lowest BCUT2D eigenvalue weighted by Crippen LogP contribution is -2.15. The number of hydrogen-bond donors (Lipinski definition) is 2. The van der Waals surface area contributed by atoms with Crippen molar-refractivity contribution in [2.45, 2.75) is 16.0 Å². The van der Waals surface area contributed by atoms with Crippen LogP contribution < -0.4 is 4.72 Å². The topological polar surface area (TPSA) is 118 Å². The molecule has 2 N–H and O–H groups in total. The maximum atomic E-state index is 12.9. The van der Waals surface area contributed by atoms with Gasteiger partial charge in [-0.1, -0.05) is 0 Å². The second kappa shape index (κ2) is 6.85. The van der Waals surface area contributed by atoms with Crippen LogP contribution in [0.3, 0.4) is 0 Å². The van der Waals surface area contributed by atoms with Crippen molar-refractivity contribution in [3.8, 4) is 0 Å². The molecule has 0 bridgehead atoms. The molecule has 12 heteroatoms. The number of hydrogen-bond acceptors (Lipinski definition) is 5. The van der Waals surface area contributed by atoms with E-state index in [1.165, 1.54) is 0 Å². The highest BCUT2D eigenvalue weighted by Gasteiger charge is 2.32. The van der Waals surface area contributed by atoms with E-state index in [2.05, 4.69) is 0 Å². The standard InChI is InChI=1S/C15H12F3NO6S2/c1-26(22,23)12-2-4-13(5-3-12)27(24,25)19-11-7-9(14(20)21)6-10(8-11)15(16,17)18/h2-8,19H,1H3,(H,20,21). The molecule has 2 rings (SSSR count). The van der Waals surface area contributed by atoms with E-state index in [9.17, 15) is 34.8 Å². The summed E-state index contributed by atoms with van der Waals surface area (Å²) in [6.45, 7) is 0. The van der Waals surface area contributed by atoms with Crippen LogP contribution in [-0.2, 0) is 26.0 Å². The van der Waals surface area contributed by atoms with Crippen LogP contribution in [0.5, 0.6) is 0 Å². The second-order valence-electron chi connectivity index (χ2n) is 5.45. The van der Waals surface area contributed by atoms with Crippen molar-refractivity contribution >= 4 is 31.5 Å². The highest BCUT2D eigenvalue weighted by Crippen LogP contribution is 2.32. The molecule has 0 aromatic heterocycles. The number of sulfonamides is 1. The van der Waals surface area contributed by atoms with E-state index < -0.39 is 53.7 Å². The molecular weight excluding hydrogens is 411 g/mol. The van der Waals surface area contributed by atoms with Gasteiger partial charge in [0.2, 0.25) is 0 Å². The van der Waals surface area contributed by atoms with E-state index in [0.717, 1.165) is 36.6 Å². The van der Waals surface area contributed by atoms with Crippen molar-refractivity contribution in [2.24, 2.45) is 0 Å². The Bertz CT molecular complexity index is 1090. The van der Waals surface area contributed by atoms with Gasteiger partial charge in [-0.2, -0.15) is 13.2 Å². The van der Waals surface area contributed by atoms with E-state index >= 15 is 0 Å². The lowest BCUT2D eigenvalue weighted by molar-refractivity contribution is -0.137. The Morgan fingerprint density at radius 2 is 1.48 bits per heavy atom. The molecule has 7 nitrogen and oxygen atoms in total. The molecule has 0 saturated carbocycles. The van der Waals surface area contributed by atoms with Crippen molar-refractivity contribution in [3.63, 3.8) is 0 Å². The highest BCUT2D eigenvalue weighted by atomic mass is 32.2. The Hall–Kier alpha value is -2.60. The Balaban J connectivity index is 2.45. The molecule has 0 atom stereocenters. The number of rotatable bonds is 5. The van der Waals surface area contributed by atoms with Crippen LogP contribution in [0.25, 0.3) is 0 Å². The quantitative estimate of drug-likeness (QED) is 0.763. The lowest BCUT2D eigenvalue weighted by Gasteiger charge is -2.13. The van der Waals surface area contributed by atoms with Gasteiger partial charge in [0.1, 0.15) is 0 Å². The zero-order valence-corrected chi connectivity index (χ0v) is 15.1. The van der Waals surface area contributed by atoms with Crippen molar-refractivity contribution in [1.82, 2.24) is 0 Å². The first-order valence-electron chi connectivity index (χ1n) is 6.99. The molecule has 146 valence electrons. The van der Waals surface area contributed by atoms with Crippen molar-refractivity contribution < 1.29 is 39.9 Å². The molecule has 0 amide bonds. The van der Waals surface area contributed by atoms with Crippen LogP contribution in [0.1, 0.15) is 15.9 Å². The first-order chi connectivity index (χ1) is 12.2. The molecule has 0 aliphatic carbocycles. The van der Waals surface area contributed by atoms with Gasteiger partial charge in [-0.3, -0.25) is 4.72 Å². The summed E-state index contributed by atoms with van der Waals surface area (Å²) in [4.78, 5) is 10.4. The first-order valence-corrected chi connectivity index (χ1v) is 10.4. The van der Waals surface area contributed by atoms with Crippen LogP contribution in [0.4, 0.5) is 18.9 Å². The predicted molar refractivity (Wildman–Crippen MR) is 88.8 cm³/mol. The molecule has 0 saturated heterocycles. The third-order valence-corrected chi connectivity index (χ3v) is 5.85. The summed E-state index contributed by atoms with van der Waals surface area (Å²) in [7, 11) is -7.95. The Morgan fingerprint density at radius 3 is 1.93 bits per heavy atom. The molecule has 0 spiro atoms. The summed E-state index contributed by atoms with van der Waals surface area (Å²) in [5.74, 6) is -1.67. The summed E-state index contributed by atoms with van der Waals surface area (Å²) in [6, 6.07) is 5.54. The molecule has 2 aromatic rings. The number of carboxylic acids is 1. The van der Waals surface area contributed by atoms with Gasteiger partial charge in [-0.15, -0.1) is 0 Å². The Morgan fingerprint density at radius 1 is 0.963 bits per heavy atom. The molecule has 0 heterocycles. The average Bonchev–Trinajstić information content (AvgIpc) is 2.52. The Kier molecular flexibility index (Phi) is 5.25. The number of alkyl halides is 3. The molecule has 0 aliphatic heterocycles. The molecule has 0 unspecified atom stereocenters. The molecular formula is C15H12F3NO6S2. The third kappa shape index (κ3) is 4.98. The number of carbonyl (C=O) groups is 1. The van der Waals surface area contributed by atoms with Gasteiger partial charge in [0.25, 0.3) is 10.0 Å². The van der Waals surface area contributed by atoms with E-state index in [1.807, 2.05) is 4.72 Å². The first kappa shape index (κ1) is 20.7. The molecule has 2 aromatic carbocycles. The monoisotopic (exact) mass is 423 g/mol. The summed E-state index contributed by atoms with van der Waals surface area (Å²) in [5, 5.41) is 8.92. The predicted octanol–water partition coefficient (Wildman–Crippen LogP) is 2.61. The fourth-order valence-corrected chi connectivity index (χ4v) is 3.72. The summed E-state index contributed by atoms with van der Waals surface area (Å²) < 4.78 is 88.0. The van der Waals surface area contributed by atoms with Gasteiger partial charge >= 0.3 is 12.1 Å². The number of carboxylic acid groups (broad SMARTS) is 1. The maximum absolute atomic E-state index is 12.9. The Labute approximate surface area is 152 Å². The van der Waals surface area contributed by atoms with E-state index in [0.29, 0.717) is 12.1 Å². The van der Waals surface area contributed by atoms with Gasteiger partial charge in [-0.25, -0.2) is 21.6 Å². The zero-order valence-electron chi connectivity index (χ0n) is 13.5. The third-order valence-electron chi connectivity index (χ3n) is 3.32. The largest absolute Gasteiger partial charge is 0.478 e. The normalized spacial score (nSPS) is 12.6. The van der Waals surface area contributed by atoms with Crippen LogP contribution in [0.15, 0.2) is 52.3 Å². The van der Waals surface area contributed by atoms with E-state index in [1.54, 1.807) is 0 Å². The van der Waals surface area contributed by atoms with Gasteiger partial charge in [-0.05, 0) is 42.5 Å². The number of aromatic carboxylic acids is 1. The summed E-state index contributed by atoms with van der Waals surface area (Å²) in [6.07, 6.45) is -3.96. The van der Waals surface area contributed by atoms with Gasteiger partial charge in [0, 0.05) is 6.26 Å². The molecule has 0 aliphatic rings. The van der Waals surface area contributed by atoms with Gasteiger partial charge < -0.3 is 5.11 Å². The lowest BCUT2D eigenvalue weighted by atomic mass is 10.1. The van der Waals surface area contributed by atoms with Crippen LogP contribution in [-0.4, -0.2) is 34.2 Å². The van der Waals surface area contributed by atoms with Crippen LogP contribution in [0.2, 0.25) is 0 Å². The van der Waals surface area contributed by atoms with Crippen LogP contribution >= 0.6 is 0 Å². The average molecular weight is 423 g/mol. The second-order valence-corrected chi connectivity index (χ2v) is 9.15. The minimum Gasteiger partial charge on any atom is -0.478 e. The minimum atomic E-state index is -4.89. The molecule has 0 radical (unpaired) electrons. The number of benzene rings is 2. The smallest absolute Gasteiger partial charge is 0.416 e. The number of halogens is 3. The fraction of sp³-hybridized carbons (Fsp3) is 0.133. The number of sulfone groups is 1. The summed E-state index contributed by atoms with van der Waals surface area (Å²) in [5.41, 5.74) is -2.70. The van der Waals surface area contributed by atoms with E-state index in [4.69, 9.17) is 5.11 Å². The number of nitrogens with one attached hydrogen (secondary N) is 1. The fourth-order valence-electron chi connectivity index (χ4n) is 2.05. The maximum Gasteiger partial charge on any atom is 0.416 e. The van der Waals surface area contributed by atoms with Gasteiger partial charge in [0.05, 0.1) is 26.6 Å². The van der Waals surface area contributed by atoms with Gasteiger partial charge in [0.15, 0.2) is 9.84 Å². The highest BCUT2D eigenvalue weighted by molar-refractivity contribution is 7.92. The zero-order chi connectivity index (χ0) is 20.6. The van der Waals surface area contributed by atoms with Crippen molar-refractivity contribution in [1.29, 1.82) is 0 Å². The van der Waals surface area contributed by atoms with Crippen LogP contribution in [0, 0.1) is 0 Å². The SMILES string of the molecule is CS(=O)(=O)c1ccc(S(=O)(=O)Nc2cc(C(=O)O)cc(C(F)(F)F)c2)cc1. The molecule has 27 heavy (non-hydrogen) atoms. The minimum absolute atomic E-state index is 0.145. The van der Waals surface area contributed by atoms with Crippen molar-refractivity contribution in [2.75, 3.05) is 11.0 Å². The summed E-state index contributed by atoms with van der Waals surface area (Å²) >= 11 is 0. The van der Waals surface area contributed by atoms with Crippen molar-refractivity contribution in [3.05, 3.63) is 53.6 Å².